The van der Waals surface area contributed by atoms with Gasteiger partial charge >= 0.3 is 0 Å². The third kappa shape index (κ3) is 6.84. The van der Waals surface area contributed by atoms with E-state index < -0.39 is 11.7 Å². The Labute approximate surface area is 152 Å². The predicted molar refractivity (Wildman–Crippen MR) is 101 cm³/mol. The average molecular weight is 351 g/mol. The summed E-state index contributed by atoms with van der Waals surface area (Å²) < 4.78 is 11.8. The molecule has 0 bridgehead atoms. The fourth-order valence-electron chi connectivity index (χ4n) is 2.88. The van der Waals surface area contributed by atoms with Crippen molar-refractivity contribution in [2.75, 3.05) is 39.3 Å². The number of hydrogen-bond acceptors (Lipinski definition) is 5. The molecule has 1 heterocycles. The molecule has 0 aliphatic carbocycles. The Morgan fingerprint density at radius 2 is 1.76 bits per heavy atom. The lowest BCUT2D eigenvalue weighted by molar-refractivity contribution is -0.0456. The number of β-amino-alcohol motifs (C(OH)–C–C–N with tert-alkyl or cyclic N) is 1. The second-order valence-corrected chi connectivity index (χ2v) is 7.30. The molecule has 2 rings (SSSR count). The highest BCUT2D eigenvalue weighted by Gasteiger charge is 2.31. The molecule has 0 saturated carbocycles. The third-order valence-corrected chi connectivity index (χ3v) is 4.66. The number of unbranched alkanes of at least 4 members (excludes halogenated alkanes) is 2. The fourth-order valence-corrected chi connectivity index (χ4v) is 2.88. The van der Waals surface area contributed by atoms with Crippen LogP contribution in [0.25, 0.3) is 0 Å². The Kier molecular flexibility index (Phi) is 8.00. The van der Waals surface area contributed by atoms with Crippen molar-refractivity contribution in [2.45, 2.75) is 51.7 Å². The molecule has 1 unspecified atom stereocenters. The lowest BCUT2D eigenvalue weighted by Crippen LogP contribution is -2.52. The Bertz CT molecular complexity index is 484. The molecule has 1 aromatic rings. The first-order valence-corrected chi connectivity index (χ1v) is 9.54. The highest BCUT2D eigenvalue weighted by Crippen LogP contribution is 2.24. The summed E-state index contributed by atoms with van der Waals surface area (Å²) in [5, 5.41) is 13.9. The Hall–Kier alpha value is -1.30. The quantitative estimate of drug-likeness (QED) is 0.636. The maximum atomic E-state index is 10.6. The standard InChI is InChI=1S/C20H34N2O3/c1-4-5-6-15-24-17-7-9-18(10-8-17)25-20(2,3)19(23)16-22-13-11-21-12-14-22/h7-10,19,21,23H,4-6,11-16H2,1-3H3. The first-order chi connectivity index (χ1) is 12.0. The number of rotatable bonds is 10. The van der Waals surface area contributed by atoms with Gasteiger partial charge in [-0.1, -0.05) is 19.8 Å². The number of hydrogen-bond donors (Lipinski definition) is 2. The second kappa shape index (κ2) is 10.00. The fraction of sp³-hybridized carbons (Fsp3) is 0.700. The first kappa shape index (κ1) is 20.0. The van der Waals surface area contributed by atoms with Crippen LogP contribution in [-0.4, -0.2) is 61.0 Å². The van der Waals surface area contributed by atoms with Gasteiger partial charge in [0.1, 0.15) is 23.2 Å². The minimum atomic E-state index is -0.644. The van der Waals surface area contributed by atoms with Gasteiger partial charge < -0.3 is 19.9 Å². The predicted octanol–water partition coefficient (Wildman–Crippen LogP) is 2.68. The topological polar surface area (TPSA) is 54.0 Å². The highest BCUT2D eigenvalue weighted by atomic mass is 16.5. The minimum Gasteiger partial charge on any atom is -0.494 e. The zero-order valence-corrected chi connectivity index (χ0v) is 16.0. The molecule has 0 amide bonds. The van der Waals surface area contributed by atoms with Gasteiger partial charge in [0.25, 0.3) is 0 Å². The van der Waals surface area contributed by atoms with Gasteiger partial charge in [-0.15, -0.1) is 0 Å². The van der Waals surface area contributed by atoms with Crippen molar-refractivity contribution in [3.8, 4) is 11.5 Å². The van der Waals surface area contributed by atoms with E-state index in [1.807, 2.05) is 38.1 Å². The lowest BCUT2D eigenvalue weighted by atomic mass is 10.0. The van der Waals surface area contributed by atoms with Crippen LogP contribution in [-0.2, 0) is 0 Å². The zero-order chi connectivity index (χ0) is 18.1. The summed E-state index contributed by atoms with van der Waals surface area (Å²) in [4.78, 5) is 2.28. The number of nitrogens with one attached hydrogen (secondary N) is 1. The van der Waals surface area contributed by atoms with Crippen molar-refractivity contribution in [1.29, 1.82) is 0 Å². The molecule has 5 nitrogen and oxygen atoms in total. The van der Waals surface area contributed by atoms with Crippen LogP contribution >= 0.6 is 0 Å². The molecule has 2 N–H and O–H groups in total. The van der Waals surface area contributed by atoms with Crippen LogP contribution in [0.1, 0.15) is 40.0 Å². The maximum Gasteiger partial charge on any atom is 0.130 e. The van der Waals surface area contributed by atoms with Gasteiger partial charge in [-0.05, 0) is 44.5 Å². The van der Waals surface area contributed by atoms with Crippen molar-refractivity contribution < 1.29 is 14.6 Å². The van der Waals surface area contributed by atoms with E-state index in [0.29, 0.717) is 6.54 Å². The number of ether oxygens (including phenoxy) is 2. The van der Waals surface area contributed by atoms with Gasteiger partial charge in [0.05, 0.1) is 6.61 Å². The number of piperazine rings is 1. The summed E-state index contributed by atoms with van der Waals surface area (Å²) in [5.74, 6) is 1.62. The van der Waals surface area contributed by atoms with Crippen molar-refractivity contribution >= 4 is 0 Å². The maximum absolute atomic E-state index is 10.6. The van der Waals surface area contributed by atoms with Crippen LogP contribution in [0.4, 0.5) is 0 Å². The number of benzene rings is 1. The second-order valence-electron chi connectivity index (χ2n) is 7.30. The van der Waals surface area contributed by atoms with Gasteiger partial charge in [0, 0.05) is 32.7 Å². The third-order valence-electron chi connectivity index (χ3n) is 4.66. The summed E-state index contributed by atoms with van der Waals surface area (Å²) >= 11 is 0. The molecule has 1 aliphatic rings. The van der Waals surface area contributed by atoms with E-state index in [-0.39, 0.29) is 0 Å². The molecule has 1 aliphatic heterocycles. The first-order valence-electron chi connectivity index (χ1n) is 9.54. The van der Waals surface area contributed by atoms with Gasteiger partial charge in [0.15, 0.2) is 0 Å². The van der Waals surface area contributed by atoms with Gasteiger partial charge in [0.2, 0.25) is 0 Å². The van der Waals surface area contributed by atoms with E-state index in [1.54, 1.807) is 0 Å². The summed E-state index contributed by atoms with van der Waals surface area (Å²) in [6, 6.07) is 7.68. The molecule has 25 heavy (non-hydrogen) atoms. The van der Waals surface area contributed by atoms with Crippen LogP contribution < -0.4 is 14.8 Å². The van der Waals surface area contributed by atoms with Crippen LogP contribution in [0.3, 0.4) is 0 Å². The van der Waals surface area contributed by atoms with Crippen molar-refractivity contribution in [3.63, 3.8) is 0 Å². The van der Waals surface area contributed by atoms with E-state index in [9.17, 15) is 5.11 Å². The molecular formula is C20H34N2O3. The van der Waals surface area contributed by atoms with Crippen molar-refractivity contribution in [1.82, 2.24) is 10.2 Å². The molecule has 1 fully saturated rings. The van der Waals surface area contributed by atoms with Gasteiger partial charge in [-0.2, -0.15) is 0 Å². The van der Waals surface area contributed by atoms with Crippen molar-refractivity contribution in [2.24, 2.45) is 0 Å². The molecule has 0 aromatic heterocycles. The molecule has 1 aromatic carbocycles. The van der Waals surface area contributed by atoms with Crippen LogP contribution in [0.5, 0.6) is 11.5 Å². The van der Waals surface area contributed by atoms with Crippen LogP contribution in [0, 0.1) is 0 Å². The van der Waals surface area contributed by atoms with Crippen LogP contribution in [0.2, 0.25) is 0 Å². The minimum absolute atomic E-state index is 0.546. The van der Waals surface area contributed by atoms with Gasteiger partial charge in [-0.3, -0.25) is 4.90 Å². The average Bonchev–Trinajstić information content (AvgIpc) is 2.61. The summed E-state index contributed by atoms with van der Waals surface area (Å²) in [6.07, 6.45) is 2.93. The monoisotopic (exact) mass is 350 g/mol. The summed E-state index contributed by atoms with van der Waals surface area (Å²) in [5.41, 5.74) is -0.644. The SMILES string of the molecule is CCCCCOc1ccc(OC(C)(C)C(O)CN2CCNCC2)cc1. The van der Waals surface area contributed by atoms with Gasteiger partial charge in [-0.25, -0.2) is 0 Å². The largest absolute Gasteiger partial charge is 0.494 e. The number of nitrogens with zero attached hydrogens (tertiary/aromatic N) is 1. The molecule has 1 saturated heterocycles. The smallest absolute Gasteiger partial charge is 0.130 e. The number of aliphatic hydroxyl groups excluding tert-OH is 1. The summed E-state index contributed by atoms with van der Waals surface area (Å²) in [7, 11) is 0. The normalized spacial score (nSPS) is 17.3. The number of aliphatic hydroxyl groups is 1. The van der Waals surface area contributed by atoms with E-state index in [4.69, 9.17) is 9.47 Å². The zero-order valence-electron chi connectivity index (χ0n) is 16.0. The molecular weight excluding hydrogens is 316 g/mol. The highest BCUT2D eigenvalue weighted by molar-refractivity contribution is 5.31. The molecule has 0 spiro atoms. The molecule has 1 atom stereocenters. The Morgan fingerprint density at radius 1 is 1.12 bits per heavy atom. The van der Waals surface area contributed by atoms with E-state index in [1.165, 1.54) is 12.8 Å². The Balaban J connectivity index is 1.81. The molecule has 142 valence electrons. The van der Waals surface area contributed by atoms with E-state index in [2.05, 4.69) is 17.1 Å². The van der Waals surface area contributed by atoms with Crippen LogP contribution in [0.15, 0.2) is 24.3 Å². The summed E-state index contributed by atoms with van der Waals surface area (Å²) in [6.45, 7) is 11.3. The lowest BCUT2D eigenvalue weighted by Gasteiger charge is -2.36. The Morgan fingerprint density at radius 3 is 2.40 bits per heavy atom. The van der Waals surface area contributed by atoms with Crippen molar-refractivity contribution in [3.05, 3.63) is 24.3 Å². The van der Waals surface area contributed by atoms with E-state index in [0.717, 1.165) is 50.7 Å². The molecule has 0 radical (unpaired) electrons. The van der Waals surface area contributed by atoms with E-state index >= 15 is 0 Å². The molecule has 5 heteroatoms.